The first-order valence-electron chi connectivity index (χ1n) is 9.62. The molecule has 31 heavy (non-hydrogen) atoms. The molecule has 1 aliphatic rings. The Labute approximate surface area is 178 Å². The van der Waals surface area contributed by atoms with Crippen molar-refractivity contribution < 1.29 is 14.4 Å². The summed E-state index contributed by atoms with van der Waals surface area (Å²) in [5.41, 5.74) is 15.5. The molecule has 0 fully saturated rings. The van der Waals surface area contributed by atoms with Crippen molar-refractivity contribution in [3.63, 3.8) is 0 Å². The van der Waals surface area contributed by atoms with Crippen LogP contribution in [0.15, 0.2) is 72.9 Å². The summed E-state index contributed by atoms with van der Waals surface area (Å²) < 4.78 is 0. The highest BCUT2D eigenvalue weighted by molar-refractivity contribution is 6.32. The number of amides is 2. The lowest BCUT2D eigenvalue weighted by Gasteiger charge is -2.06. The van der Waals surface area contributed by atoms with Crippen molar-refractivity contribution in [2.45, 2.75) is 6.54 Å². The average Bonchev–Trinajstić information content (AvgIpc) is 3.11. The Morgan fingerprint density at radius 1 is 0.935 bits per heavy atom. The molecule has 0 bridgehead atoms. The molecule has 0 spiro atoms. The molecule has 0 aromatic heterocycles. The average molecular weight is 412 g/mol. The van der Waals surface area contributed by atoms with E-state index < -0.39 is 5.91 Å². The van der Waals surface area contributed by atoms with Gasteiger partial charge in [0, 0.05) is 46.4 Å². The fourth-order valence-electron chi connectivity index (χ4n) is 3.35. The van der Waals surface area contributed by atoms with Crippen LogP contribution in [0.3, 0.4) is 0 Å². The Balaban J connectivity index is 1.58. The van der Waals surface area contributed by atoms with E-state index in [2.05, 4.69) is 10.6 Å². The number of hydrogen-bond donors (Lipinski definition) is 4. The van der Waals surface area contributed by atoms with Gasteiger partial charge in [0.1, 0.15) is 0 Å². The van der Waals surface area contributed by atoms with Gasteiger partial charge >= 0.3 is 0 Å². The van der Waals surface area contributed by atoms with Gasteiger partial charge in [0.25, 0.3) is 5.91 Å². The van der Waals surface area contributed by atoms with Crippen LogP contribution in [0.2, 0.25) is 0 Å². The summed E-state index contributed by atoms with van der Waals surface area (Å²) in [6.45, 7) is 0.463. The van der Waals surface area contributed by atoms with E-state index in [-0.39, 0.29) is 17.3 Å². The predicted octanol–water partition coefficient (Wildman–Crippen LogP) is 2.88. The maximum Gasteiger partial charge on any atom is 0.257 e. The molecule has 1 aliphatic heterocycles. The first-order valence-corrected chi connectivity index (χ1v) is 9.62. The van der Waals surface area contributed by atoms with Gasteiger partial charge in [0.2, 0.25) is 5.91 Å². The van der Waals surface area contributed by atoms with Gasteiger partial charge in [0.15, 0.2) is 5.78 Å². The predicted molar refractivity (Wildman–Crippen MR) is 119 cm³/mol. The van der Waals surface area contributed by atoms with Gasteiger partial charge in [-0.15, -0.1) is 0 Å². The zero-order valence-corrected chi connectivity index (χ0v) is 16.5. The largest absolute Gasteiger partial charge is 0.366 e. The number of benzene rings is 3. The fraction of sp³-hybridized carbons (Fsp3) is 0.0417. The van der Waals surface area contributed by atoms with Crippen molar-refractivity contribution in [1.29, 1.82) is 0 Å². The molecule has 7 heteroatoms. The smallest absolute Gasteiger partial charge is 0.257 e. The molecular formula is C24H20N4O3. The quantitative estimate of drug-likeness (QED) is 0.366. The molecule has 0 atom stereocenters. The van der Waals surface area contributed by atoms with Gasteiger partial charge in [-0.3, -0.25) is 14.4 Å². The topological polar surface area (TPSA) is 127 Å². The molecule has 0 aliphatic carbocycles. The van der Waals surface area contributed by atoms with E-state index in [1.807, 2.05) is 24.3 Å². The van der Waals surface area contributed by atoms with E-state index in [1.165, 1.54) is 6.07 Å². The van der Waals surface area contributed by atoms with Crippen molar-refractivity contribution in [2.75, 3.05) is 10.6 Å². The third kappa shape index (κ3) is 4.08. The van der Waals surface area contributed by atoms with Gasteiger partial charge < -0.3 is 22.1 Å². The highest BCUT2D eigenvalue weighted by atomic mass is 16.2. The van der Waals surface area contributed by atoms with Crippen molar-refractivity contribution in [3.8, 4) is 0 Å². The maximum atomic E-state index is 12.8. The minimum absolute atomic E-state index is 0.260. The zero-order valence-electron chi connectivity index (χ0n) is 16.5. The Morgan fingerprint density at radius 2 is 1.65 bits per heavy atom. The van der Waals surface area contributed by atoms with Crippen LogP contribution in [-0.2, 0) is 11.3 Å². The Kier molecular flexibility index (Phi) is 5.34. The normalized spacial score (nSPS) is 13.6. The summed E-state index contributed by atoms with van der Waals surface area (Å²) in [4.78, 5) is 36.7. The molecule has 0 saturated carbocycles. The molecule has 0 radical (unpaired) electrons. The minimum atomic E-state index is -0.601. The molecule has 2 amide bonds. The molecule has 3 aromatic carbocycles. The van der Waals surface area contributed by atoms with Crippen LogP contribution in [0, 0.1) is 0 Å². The van der Waals surface area contributed by atoms with E-state index in [0.717, 1.165) is 11.3 Å². The lowest BCUT2D eigenvalue weighted by atomic mass is 9.98. The number of nitrogens with one attached hydrogen (secondary N) is 2. The monoisotopic (exact) mass is 412 g/mol. The number of rotatable bonds is 6. The molecule has 1 heterocycles. The lowest BCUT2D eigenvalue weighted by molar-refractivity contribution is -0.110. The van der Waals surface area contributed by atoms with Crippen LogP contribution in [-0.4, -0.2) is 17.6 Å². The van der Waals surface area contributed by atoms with Crippen LogP contribution in [0.1, 0.15) is 37.4 Å². The molecule has 4 rings (SSSR count). The number of carbonyl (C=O) groups excluding carboxylic acids is 3. The second-order valence-corrected chi connectivity index (χ2v) is 7.09. The maximum absolute atomic E-state index is 12.8. The lowest BCUT2D eigenvalue weighted by Crippen LogP contribution is -2.12. The van der Waals surface area contributed by atoms with Crippen molar-refractivity contribution >= 4 is 34.5 Å². The molecule has 0 unspecified atom stereocenters. The second kappa shape index (κ2) is 8.25. The van der Waals surface area contributed by atoms with E-state index in [4.69, 9.17) is 11.5 Å². The van der Waals surface area contributed by atoms with Crippen LogP contribution in [0.5, 0.6) is 0 Å². The number of hydrogen-bond acceptors (Lipinski definition) is 5. The SMILES string of the molecule is NCc1ccc(NC=C2C(=O)Nc3cc(C(=O)c4cccc(C(N)=O)c4)ccc32)cc1. The van der Waals surface area contributed by atoms with Crippen molar-refractivity contribution in [1.82, 2.24) is 0 Å². The van der Waals surface area contributed by atoms with E-state index in [9.17, 15) is 14.4 Å². The first-order chi connectivity index (χ1) is 15.0. The number of ketones is 1. The summed E-state index contributed by atoms with van der Waals surface area (Å²) in [6, 6.07) is 18.8. The van der Waals surface area contributed by atoms with Crippen molar-refractivity contribution in [3.05, 3.63) is 101 Å². The summed E-state index contributed by atoms with van der Waals surface area (Å²) in [5.74, 6) is -1.13. The van der Waals surface area contributed by atoms with Crippen LogP contribution in [0.25, 0.3) is 5.57 Å². The van der Waals surface area contributed by atoms with Gasteiger partial charge in [0.05, 0.1) is 5.57 Å². The highest BCUT2D eigenvalue weighted by Gasteiger charge is 2.25. The van der Waals surface area contributed by atoms with Gasteiger partial charge in [-0.25, -0.2) is 0 Å². The summed E-state index contributed by atoms with van der Waals surface area (Å²) in [7, 11) is 0. The van der Waals surface area contributed by atoms with Gasteiger partial charge in [-0.05, 0) is 35.9 Å². The Morgan fingerprint density at radius 3 is 2.35 bits per heavy atom. The summed E-state index contributed by atoms with van der Waals surface area (Å²) in [5, 5.41) is 5.90. The molecule has 0 saturated heterocycles. The third-order valence-corrected chi connectivity index (χ3v) is 5.05. The number of anilines is 2. The highest BCUT2D eigenvalue weighted by Crippen LogP contribution is 2.33. The van der Waals surface area contributed by atoms with E-state index in [1.54, 1.807) is 42.6 Å². The van der Waals surface area contributed by atoms with Crippen LogP contribution in [0.4, 0.5) is 11.4 Å². The standard InChI is InChI=1S/C24H20N4O3/c25-12-14-4-7-18(8-5-14)27-13-20-19-9-6-16(11-21(19)28-24(20)31)22(29)15-2-1-3-17(10-15)23(26)30/h1-11,13,27H,12,25H2,(H2,26,30)(H,28,31). The summed E-state index contributed by atoms with van der Waals surface area (Å²) >= 11 is 0. The zero-order chi connectivity index (χ0) is 22.0. The second-order valence-electron chi connectivity index (χ2n) is 7.09. The van der Waals surface area contributed by atoms with E-state index in [0.29, 0.717) is 34.5 Å². The fourth-order valence-corrected chi connectivity index (χ4v) is 3.35. The van der Waals surface area contributed by atoms with E-state index >= 15 is 0 Å². The number of nitrogens with two attached hydrogens (primary N) is 2. The number of fused-ring (bicyclic) bond motifs is 1. The first kappa shape index (κ1) is 20.1. The van der Waals surface area contributed by atoms with Crippen LogP contribution >= 0.6 is 0 Å². The van der Waals surface area contributed by atoms with Gasteiger partial charge in [-0.1, -0.05) is 36.4 Å². The number of primary amides is 1. The molecular weight excluding hydrogens is 392 g/mol. The number of carbonyl (C=O) groups is 3. The van der Waals surface area contributed by atoms with Crippen molar-refractivity contribution in [2.24, 2.45) is 11.5 Å². The Bertz CT molecular complexity index is 1230. The molecule has 154 valence electrons. The minimum Gasteiger partial charge on any atom is -0.366 e. The molecule has 6 N–H and O–H groups in total. The molecule has 3 aromatic rings. The summed E-state index contributed by atoms with van der Waals surface area (Å²) in [6.07, 6.45) is 1.64. The molecule has 7 nitrogen and oxygen atoms in total. The Hall–Kier alpha value is -4.23. The van der Waals surface area contributed by atoms with Gasteiger partial charge in [-0.2, -0.15) is 0 Å². The third-order valence-electron chi connectivity index (χ3n) is 5.05. The van der Waals surface area contributed by atoms with Crippen LogP contribution < -0.4 is 22.1 Å².